The van der Waals surface area contributed by atoms with Gasteiger partial charge in [-0.15, -0.1) is 0 Å². The fraction of sp³-hybridized carbons (Fsp3) is 0.176. The van der Waals surface area contributed by atoms with Crippen LogP contribution in [0.25, 0.3) is 5.69 Å². The lowest BCUT2D eigenvalue weighted by molar-refractivity contribution is 0.0948. The molecule has 5 heteroatoms. The topological polar surface area (TPSA) is 60.1 Å². The summed E-state index contributed by atoms with van der Waals surface area (Å²) in [6, 6.07) is 13.0. The molecule has 0 aliphatic rings. The number of amides is 1. The van der Waals surface area contributed by atoms with Crippen molar-refractivity contribution >= 4 is 5.91 Å². The minimum atomic E-state index is -0.128. The Balaban J connectivity index is 1.71. The number of aromatic nitrogens is 2. The Morgan fingerprint density at radius 2 is 2.00 bits per heavy atom. The molecule has 0 spiro atoms. The fourth-order valence-corrected chi connectivity index (χ4v) is 2.33. The largest absolute Gasteiger partial charge is 0.467 e. The van der Waals surface area contributed by atoms with Crippen molar-refractivity contribution in [2.45, 2.75) is 20.4 Å². The molecule has 1 amide bonds. The van der Waals surface area contributed by atoms with Crippen molar-refractivity contribution in [3.8, 4) is 5.69 Å². The van der Waals surface area contributed by atoms with Crippen LogP contribution in [0.4, 0.5) is 0 Å². The Labute approximate surface area is 128 Å². The van der Waals surface area contributed by atoms with E-state index >= 15 is 0 Å². The Morgan fingerprint density at radius 1 is 1.23 bits per heavy atom. The molecule has 0 saturated heterocycles. The van der Waals surface area contributed by atoms with Crippen molar-refractivity contribution < 1.29 is 9.21 Å². The molecule has 0 radical (unpaired) electrons. The number of aryl methyl sites for hydroxylation is 2. The number of nitrogens with zero attached hydrogens (tertiary/aromatic N) is 2. The molecule has 0 aliphatic carbocycles. The maximum absolute atomic E-state index is 12.1. The van der Waals surface area contributed by atoms with Gasteiger partial charge in [-0.3, -0.25) is 4.79 Å². The molecule has 1 N–H and O–H groups in total. The van der Waals surface area contributed by atoms with Gasteiger partial charge in [-0.1, -0.05) is 0 Å². The second-order valence-electron chi connectivity index (χ2n) is 5.15. The van der Waals surface area contributed by atoms with E-state index < -0.39 is 0 Å². The summed E-state index contributed by atoms with van der Waals surface area (Å²) in [4.78, 5) is 12.1. The molecule has 0 saturated carbocycles. The molecule has 0 unspecified atom stereocenters. The van der Waals surface area contributed by atoms with Crippen molar-refractivity contribution in [3.05, 3.63) is 71.4 Å². The first-order valence-corrected chi connectivity index (χ1v) is 7.08. The van der Waals surface area contributed by atoms with Crippen molar-refractivity contribution in [3.63, 3.8) is 0 Å². The van der Waals surface area contributed by atoms with E-state index in [4.69, 9.17) is 4.42 Å². The van der Waals surface area contributed by atoms with Crippen LogP contribution in [-0.4, -0.2) is 15.7 Å². The van der Waals surface area contributed by atoms with Crippen LogP contribution in [0.3, 0.4) is 0 Å². The molecule has 0 bridgehead atoms. The third-order valence-electron chi connectivity index (χ3n) is 3.39. The Hall–Kier alpha value is -2.82. The summed E-state index contributed by atoms with van der Waals surface area (Å²) in [6.07, 6.45) is 1.59. The summed E-state index contributed by atoms with van der Waals surface area (Å²) in [5.41, 5.74) is 3.58. The Kier molecular flexibility index (Phi) is 3.78. The number of benzene rings is 1. The van der Waals surface area contributed by atoms with Gasteiger partial charge in [0.05, 0.1) is 24.2 Å². The Bertz CT molecular complexity index is 771. The minimum absolute atomic E-state index is 0.128. The van der Waals surface area contributed by atoms with E-state index in [1.54, 1.807) is 24.5 Å². The van der Waals surface area contributed by atoms with E-state index in [1.165, 1.54) is 0 Å². The highest BCUT2D eigenvalue weighted by atomic mass is 16.3. The lowest BCUT2D eigenvalue weighted by atomic mass is 10.2. The first-order chi connectivity index (χ1) is 10.6. The molecule has 0 atom stereocenters. The van der Waals surface area contributed by atoms with Gasteiger partial charge >= 0.3 is 0 Å². The standard InChI is InChI=1S/C17H17N3O2/c1-12-10-13(2)20(19-12)15-7-5-14(6-8-15)17(21)18-11-16-4-3-9-22-16/h3-10H,11H2,1-2H3,(H,18,21). The van der Waals surface area contributed by atoms with Gasteiger partial charge < -0.3 is 9.73 Å². The van der Waals surface area contributed by atoms with Gasteiger partial charge in [0.2, 0.25) is 0 Å². The lowest BCUT2D eigenvalue weighted by Crippen LogP contribution is -2.22. The van der Waals surface area contributed by atoms with Gasteiger partial charge in [-0.05, 0) is 56.3 Å². The molecule has 2 heterocycles. The third kappa shape index (κ3) is 2.93. The van der Waals surface area contributed by atoms with Gasteiger partial charge in [0.15, 0.2) is 0 Å². The molecule has 112 valence electrons. The number of rotatable bonds is 4. The molecule has 3 aromatic rings. The molecule has 2 aromatic heterocycles. The monoisotopic (exact) mass is 295 g/mol. The molecule has 0 fully saturated rings. The maximum atomic E-state index is 12.1. The third-order valence-corrected chi connectivity index (χ3v) is 3.39. The van der Waals surface area contributed by atoms with Crippen molar-refractivity contribution in [1.82, 2.24) is 15.1 Å². The van der Waals surface area contributed by atoms with Gasteiger partial charge in [0.1, 0.15) is 5.76 Å². The van der Waals surface area contributed by atoms with Crippen molar-refractivity contribution in [1.29, 1.82) is 0 Å². The number of hydrogen-bond acceptors (Lipinski definition) is 3. The smallest absolute Gasteiger partial charge is 0.251 e. The second-order valence-corrected chi connectivity index (χ2v) is 5.15. The summed E-state index contributed by atoms with van der Waals surface area (Å²) in [5, 5.41) is 7.25. The van der Waals surface area contributed by atoms with Crippen LogP contribution < -0.4 is 5.32 Å². The van der Waals surface area contributed by atoms with E-state index in [-0.39, 0.29) is 5.91 Å². The van der Waals surface area contributed by atoms with E-state index in [0.29, 0.717) is 12.1 Å². The summed E-state index contributed by atoms with van der Waals surface area (Å²) < 4.78 is 7.05. The van der Waals surface area contributed by atoms with Crippen LogP contribution in [0, 0.1) is 13.8 Å². The first kappa shape index (κ1) is 14.1. The molecule has 5 nitrogen and oxygen atoms in total. The molecule has 0 aliphatic heterocycles. The second kappa shape index (κ2) is 5.89. The van der Waals surface area contributed by atoms with E-state index in [0.717, 1.165) is 22.8 Å². The first-order valence-electron chi connectivity index (χ1n) is 7.08. The average molecular weight is 295 g/mol. The number of nitrogens with one attached hydrogen (secondary N) is 1. The number of carbonyl (C=O) groups is 1. The molecular formula is C17H17N3O2. The van der Waals surface area contributed by atoms with E-state index in [1.807, 2.05) is 42.8 Å². The molecule has 22 heavy (non-hydrogen) atoms. The lowest BCUT2D eigenvalue weighted by Gasteiger charge is -2.07. The highest BCUT2D eigenvalue weighted by molar-refractivity contribution is 5.94. The number of hydrogen-bond donors (Lipinski definition) is 1. The highest BCUT2D eigenvalue weighted by Gasteiger charge is 2.08. The summed E-state index contributed by atoms with van der Waals surface area (Å²) in [5.74, 6) is 0.601. The van der Waals surface area contributed by atoms with Crippen LogP contribution in [0.1, 0.15) is 27.5 Å². The summed E-state index contributed by atoms with van der Waals surface area (Å²) in [6.45, 7) is 4.34. The van der Waals surface area contributed by atoms with Crippen LogP contribution >= 0.6 is 0 Å². The van der Waals surface area contributed by atoms with Crippen molar-refractivity contribution in [2.75, 3.05) is 0 Å². The molecule has 3 rings (SSSR count). The number of carbonyl (C=O) groups excluding carboxylic acids is 1. The van der Waals surface area contributed by atoms with Crippen molar-refractivity contribution in [2.24, 2.45) is 0 Å². The van der Waals surface area contributed by atoms with Gasteiger partial charge in [0.25, 0.3) is 5.91 Å². The molecule has 1 aromatic carbocycles. The predicted molar refractivity (Wildman–Crippen MR) is 82.9 cm³/mol. The highest BCUT2D eigenvalue weighted by Crippen LogP contribution is 2.13. The zero-order chi connectivity index (χ0) is 15.5. The normalized spacial score (nSPS) is 10.6. The van der Waals surface area contributed by atoms with Crippen LogP contribution in [0.5, 0.6) is 0 Å². The number of furan rings is 1. The SMILES string of the molecule is Cc1cc(C)n(-c2ccc(C(=O)NCc3ccco3)cc2)n1. The zero-order valence-corrected chi connectivity index (χ0v) is 12.5. The van der Waals surface area contributed by atoms with E-state index in [2.05, 4.69) is 10.4 Å². The van der Waals surface area contributed by atoms with Gasteiger partial charge in [-0.25, -0.2) is 4.68 Å². The van der Waals surface area contributed by atoms with Gasteiger partial charge in [0, 0.05) is 11.3 Å². The molecular weight excluding hydrogens is 278 g/mol. The summed E-state index contributed by atoms with van der Waals surface area (Å²) >= 11 is 0. The van der Waals surface area contributed by atoms with Crippen LogP contribution in [0.15, 0.2) is 53.1 Å². The zero-order valence-electron chi connectivity index (χ0n) is 12.5. The quantitative estimate of drug-likeness (QED) is 0.805. The van der Waals surface area contributed by atoms with E-state index in [9.17, 15) is 4.79 Å². The predicted octanol–water partition coefficient (Wildman–Crippen LogP) is 3.01. The average Bonchev–Trinajstić information content (AvgIpc) is 3.14. The van der Waals surface area contributed by atoms with Crippen LogP contribution in [-0.2, 0) is 6.54 Å². The van der Waals surface area contributed by atoms with Crippen LogP contribution in [0.2, 0.25) is 0 Å². The summed E-state index contributed by atoms with van der Waals surface area (Å²) in [7, 11) is 0. The minimum Gasteiger partial charge on any atom is -0.467 e. The van der Waals surface area contributed by atoms with Gasteiger partial charge in [-0.2, -0.15) is 5.10 Å². The Morgan fingerprint density at radius 3 is 2.59 bits per heavy atom. The maximum Gasteiger partial charge on any atom is 0.251 e. The fourth-order valence-electron chi connectivity index (χ4n) is 2.33.